The molecule has 1 aromatic rings. The molecule has 0 spiro atoms. The van der Waals surface area contributed by atoms with Crippen LogP contribution in [-0.2, 0) is 6.54 Å². The predicted octanol–water partition coefficient (Wildman–Crippen LogP) is 3.41. The lowest BCUT2D eigenvalue weighted by atomic mass is 9.86. The van der Waals surface area contributed by atoms with E-state index in [0.29, 0.717) is 5.75 Å². The fraction of sp³-hybridized carbons (Fsp3) is 0.714. The fourth-order valence-corrected chi connectivity index (χ4v) is 4.51. The molecule has 0 amide bonds. The van der Waals surface area contributed by atoms with Crippen LogP contribution in [0.15, 0.2) is 12.1 Å². The first-order valence-electron chi connectivity index (χ1n) is 9.90. The van der Waals surface area contributed by atoms with Crippen molar-refractivity contribution >= 4 is 0 Å². The zero-order valence-corrected chi connectivity index (χ0v) is 16.8. The minimum Gasteiger partial charge on any atom is -0.493 e. The van der Waals surface area contributed by atoms with Crippen molar-refractivity contribution in [1.82, 2.24) is 9.80 Å². The van der Waals surface area contributed by atoms with Gasteiger partial charge in [-0.15, -0.1) is 0 Å². The average Bonchev–Trinajstić information content (AvgIpc) is 2.67. The molecule has 3 rings (SSSR count). The summed E-state index contributed by atoms with van der Waals surface area (Å²) < 4.78 is 16.4. The molecule has 26 heavy (non-hydrogen) atoms. The molecule has 1 aliphatic heterocycles. The van der Waals surface area contributed by atoms with Gasteiger partial charge in [-0.3, -0.25) is 9.80 Å². The molecule has 1 saturated heterocycles. The molecular formula is C21H34N2O3. The second-order valence-corrected chi connectivity index (χ2v) is 7.77. The zero-order valence-electron chi connectivity index (χ0n) is 16.8. The Hall–Kier alpha value is -1.46. The Labute approximate surface area is 158 Å². The monoisotopic (exact) mass is 362 g/mol. The Balaban J connectivity index is 1.59. The molecule has 0 unspecified atom stereocenters. The second-order valence-electron chi connectivity index (χ2n) is 7.77. The molecule has 0 aromatic heterocycles. The first-order valence-corrected chi connectivity index (χ1v) is 9.90. The topological polar surface area (TPSA) is 34.2 Å². The predicted molar refractivity (Wildman–Crippen MR) is 104 cm³/mol. The van der Waals surface area contributed by atoms with Gasteiger partial charge in [0, 0.05) is 38.8 Å². The maximum atomic E-state index is 5.48. The lowest BCUT2D eigenvalue weighted by Crippen LogP contribution is -2.50. The van der Waals surface area contributed by atoms with Crippen LogP contribution in [0.4, 0.5) is 0 Å². The molecule has 2 aliphatic rings. The number of piperazine rings is 1. The summed E-state index contributed by atoms with van der Waals surface area (Å²) in [6.07, 6.45) is 5.58. The number of ether oxygens (including phenoxy) is 3. The van der Waals surface area contributed by atoms with E-state index in [9.17, 15) is 0 Å². The van der Waals surface area contributed by atoms with Crippen molar-refractivity contribution in [3.63, 3.8) is 0 Å². The first kappa shape index (κ1) is 19.3. The first-order chi connectivity index (χ1) is 12.6. The van der Waals surface area contributed by atoms with Crippen molar-refractivity contribution in [3.05, 3.63) is 17.7 Å². The molecule has 146 valence electrons. The highest BCUT2D eigenvalue weighted by Gasteiger charge is 2.27. The highest BCUT2D eigenvalue weighted by molar-refractivity contribution is 5.53. The van der Waals surface area contributed by atoms with Crippen LogP contribution < -0.4 is 14.2 Å². The van der Waals surface area contributed by atoms with E-state index in [-0.39, 0.29) is 0 Å². The maximum absolute atomic E-state index is 5.48. The van der Waals surface area contributed by atoms with E-state index in [2.05, 4.69) is 28.9 Å². The Morgan fingerprint density at radius 2 is 1.58 bits per heavy atom. The van der Waals surface area contributed by atoms with E-state index >= 15 is 0 Å². The minimum absolute atomic E-state index is 0.662. The van der Waals surface area contributed by atoms with Gasteiger partial charge in [0.1, 0.15) is 0 Å². The Bertz CT molecular complexity index is 560. The summed E-state index contributed by atoms with van der Waals surface area (Å²) in [5.41, 5.74) is 1.21. The fourth-order valence-electron chi connectivity index (χ4n) is 4.51. The van der Waals surface area contributed by atoms with E-state index < -0.39 is 0 Å². The molecule has 0 bridgehead atoms. The van der Waals surface area contributed by atoms with Gasteiger partial charge in [-0.1, -0.05) is 19.8 Å². The molecule has 2 fully saturated rings. The highest BCUT2D eigenvalue weighted by Crippen LogP contribution is 2.38. The van der Waals surface area contributed by atoms with Gasteiger partial charge in [0.15, 0.2) is 11.5 Å². The Kier molecular flexibility index (Phi) is 6.65. The van der Waals surface area contributed by atoms with Crippen molar-refractivity contribution < 1.29 is 14.2 Å². The Morgan fingerprint density at radius 1 is 0.923 bits per heavy atom. The van der Waals surface area contributed by atoms with Crippen molar-refractivity contribution in [1.29, 1.82) is 0 Å². The lowest BCUT2D eigenvalue weighted by molar-refractivity contribution is 0.0658. The van der Waals surface area contributed by atoms with Gasteiger partial charge in [0.2, 0.25) is 5.75 Å². The van der Waals surface area contributed by atoms with Gasteiger partial charge in [-0.2, -0.15) is 0 Å². The molecule has 1 heterocycles. The van der Waals surface area contributed by atoms with Crippen LogP contribution >= 0.6 is 0 Å². The summed E-state index contributed by atoms with van der Waals surface area (Å²) in [4.78, 5) is 5.25. The van der Waals surface area contributed by atoms with Crippen LogP contribution in [-0.4, -0.2) is 63.4 Å². The largest absolute Gasteiger partial charge is 0.493 e. The summed E-state index contributed by atoms with van der Waals surface area (Å²) in [5, 5.41) is 0. The summed E-state index contributed by atoms with van der Waals surface area (Å²) in [5.74, 6) is 3.02. The molecule has 0 radical (unpaired) electrons. The number of benzene rings is 1. The van der Waals surface area contributed by atoms with Gasteiger partial charge in [0.05, 0.1) is 21.3 Å². The molecule has 2 atom stereocenters. The van der Waals surface area contributed by atoms with E-state index in [4.69, 9.17) is 14.2 Å². The zero-order chi connectivity index (χ0) is 18.5. The second kappa shape index (κ2) is 8.96. The van der Waals surface area contributed by atoms with Crippen LogP contribution in [0.5, 0.6) is 17.2 Å². The van der Waals surface area contributed by atoms with E-state index in [0.717, 1.165) is 43.1 Å². The smallest absolute Gasteiger partial charge is 0.203 e. The van der Waals surface area contributed by atoms with Gasteiger partial charge in [0.25, 0.3) is 0 Å². The summed E-state index contributed by atoms with van der Waals surface area (Å²) in [7, 11) is 4.99. The standard InChI is InChI=1S/C21H34N2O3/c1-16-6-5-7-18(12-16)23-10-8-22(9-11-23)15-17-13-19(24-2)21(26-4)20(14-17)25-3/h13-14,16,18H,5-12,15H2,1-4H3/t16-,18+/m0/s1. The third-order valence-corrected chi connectivity index (χ3v) is 5.96. The lowest BCUT2D eigenvalue weighted by Gasteiger charge is -2.42. The van der Waals surface area contributed by atoms with Crippen molar-refractivity contribution in [2.24, 2.45) is 5.92 Å². The van der Waals surface area contributed by atoms with Crippen molar-refractivity contribution in [3.8, 4) is 17.2 Å². The number of nitrogens with zero attached hydrogens (tertiary/aromatic N) is 2. The van der Waals surface area contributed by atoms with Gasteiger partial charge in [-0.25, -0.2) is 0 Å². The number of hydrogen-bond acceptors (Lipinski definition) is 5. The summed E-state index contributed by atoms with van der Waals surface area (Å²) in [6.45, 7) is 7.95. The molecular weight excluding hydrogens is 328 g/mol. The summed E-state index contributed by atoms with van der Waals surface area (Å²) in [6, 6.07) is 4.94. The molecule has 1 saturated carbocycles. The van der Waals surface area contributed by atoms with Gasteiger partial charge < -0.3 is 14.2 Å². The molecule has 1 aromatic carbocycles. The SMILES string of the molecule is COc1cc(CN2CCN([C@@H]3CCC[C@H](C)C3)CC2)cc(OC)c1OC. The number of methoxy groups -OCH3 is 3. The van der Waals surface area contributed by atoms with E-state index in [1.54, 1.807) is 21.3 Å². The van der Waals surface area contributed by atoms with Crippen molar-refractivity contribution in [2.45, 2.75) is 45.2 Å². The normalized spacial score (nSPS) is 25.1. The van der Waals surface area contributed by atoms with Crippen LogP contribution in [0.3, 0.4) is 0 Å². The molecule has 1 aliphatic carbocycles. The highest BCUT2D eigenvalue weighted by atomic mass is 16.5. The van der Waals surface area contributed by atoms with Gasteiger partial charge >= 0.3 is 0 Å². The number of hydrogen-bond donors (Lipinski definition) is 0. The molecule has 5 nitrogen and oxygen atoms in total. The quantitative estimate of drug-likeness (QED) is 0.775. The molecule has 0 N–H and O–H groups in total. The van der Waals surface area contributed by atoms with Crippen LogP contribution in [0, 0.1) is 5.92 Å². The van der Waals surface area contributed by atoms with Crippen LogP contribution in [0.2, 0.25) is 0 Å². The average molecular weight is 363 g/mol. The van der Waals surface area contributed by atoms with E-state index in [1.807, 2.05) is 0 Å². The number of rotatable bonds is 6. The van der Waals surface area contributed by atoms with Crippen LogP contribution in [0.25, 0.3) is 0 Å². The Morgan fingerprint density at radius 3 is 2.12 bits per heavy atom. The summed E-state index contributed by atoms with van der Waals surface area (Å²) >= 11 is 0. The third kappa shape index (κ3) is 4.44. The maximum Gasteiger partial charge on any atom is 0.203 e. The third-order valence-electron chi connectivity index (χ3n) is 5.96. The van der Waals surface area contributed by atoms with Gasteiger partial charge in [-0.05, 0) is 36.5 Å². The van der Waals surface area contributed by atoms with Crippen LogP contribution in [0.1, 0.15) is 38.2 Å². The molecule has 5 heteroatoms. The van der Waals surface area contributed by atoms with Crippen molar-refractivity contribution in [2.75, 3.05) is 47.5 Å². The van der Waals surface area contributed by atoms with E-state index in [1.165, 1.54) is 44.3 Å². The minimum atomic E-state index is 0.662.